The van der Waals surface area contributed by atoms with Crippen LogP contribution in [-0.2, 0) is 0 Å². The topological polar surface area (TPSA) is 55.0 Å². The third-order valence-corrected chi connectivity index (χ3v) is 2.08. The molecule has 0 amide bonds. The fourth-order valence-corrected chi connectivity index (χ4v) is 1.13. The summed E-state index contributed by atoms with van der Waals surface area (Å²) < 4.78 is 0. The van der Waals surface area contributed by atoms with Crippen LogP contribution in [0.4, 0.5) is 5.82 Å². The summed E-state index contributed by atoms with van der Waals surface area (Å²) in [4.78, 5) is 10.7. The van der Waals surface area contributed by atoms with E-state index in [1.165, 1.54) is 0 Å². The minimum absolute atomic E-state index is 0.530. The molecule has 0 saturated heterocycles. The van der Waals surface area contributed by atoms with Crippen LogP contribution in [0.2, 0.25) is 0 Å². The Balaban J connectivity index is 2.60. The van der Waals surface area contributed by atoms with Gasteiger partial charge in [-0.15, -0.1) is 0 Å². The Morgan fingerprint density at radius 3 is 2.86 bits per heavy atom. The maximum atomic E-state index is 5.42. The molecule has 1 heterocycles. The third-order valence-electron chi connectivity index (χ3n) is 1.87. The fraction of sp³-hybridized carbons (Fsp3) is 0.444. The van der Waals surface area contributed by atoms with Crippen LogP contribution in [-0.4, -0.2) is 28.5 Å². The Morgan fingerprint density at radius 2 is 2.29 bits per heavy atom. The summed E-state index contributed by atoms with van der Waals surface area (Å²) in [5.74, 6) is 0.897. The number of anilines is 1. The molecule has 0 radical (unpaired) electrons. The van der Waals surface area contributed by atoms with E-state index in [0.717, 1.165) is 18.1 Å². The van der Waals surface area contributed by atoms with Gasteiger partial charge in [0, 0.05) is 31.8 Å². The van der Waals surface area contributed by atoms with Crippen molar-refractivity contribution in [2.24, 2.45) is 5.73 Å². The standard InChI is InChI=1S/C9H14N4S/c1-7-5-9(12-6-11-7)13(2)4-3-8(10)14/h5-6H,3-4H2,1-2H3,(H2,10,14). The Hall–Kier alpha value is -1.23. The zero-order chi connectivity index (χ0) is 10.6. The normalized spacial score (nSPS) is 9.86. The van der Waals surface area contributed by atoms with Crippen molar-refractivity contribution in [2.45, 2.75) is 13.3 Å². The molecule has 1 aromatic heterocycles. The number of aromatic nitrogens is 2. The average molecular weight is 210 g/mol. The van der Waals surface area contributed by atoms with Crippen LogP contribution in [0, 0.1) is 6.92 Å². The van der Waals surface area contributed by atoms with E-state index >= 15 is 0 Å². The average Bonchev–Trinajstić information content (AvgIpc) is 2.14. The molecule has 0 saturated carbocycles. The lowest BCUT2D eigenvalue weighted by Gasteiger charge is -2.17. The van der Waals surface area contributed by atoms with Gasteiger partial charge in [0.15, 0.2) is 0 Å². The maximum absolute atomic E-state index is 5.42. The number of nitrogens with two attached hydrogens (primary N) is 1. The van der Waals surface area contributed by atoms with Gasteiger partial charge >= 0.3 is 0 Å². The van der Waals surface area contributed by atoms with Crippen molar-refractivity contribution in [3.8, 4) is 0 Å². The predicted molar refractivity (Wildman–Crippen MR) is 61.4 cm³/mol. The van der Waals surface area contributed by atoms with Gasteiger partial charge in [0.1, 0.15) is 12.1 Å². The highest BCUT2D eigenvalue weighted by molar-refractivity contribution is 7.80. The van der Waals surface area contributed by atoms with Gasteiger partial charge in [-0.1, -0.05) is 12.2 Å². The first-order valence-corrected chi connectivity index (χ1v) is 4.78. The highest BCUT2D eigenvalue weighted by Gasteiger charge is 2.02. The van der Waals surface area contributed by atoms with Gasteiger partial charge < -0.3 is 10.6 Å². The number of hydrogen-bond acceptors (Lipinski definition) is 4. The fourth-order valence-electron chi connectivity index (χ4n) is 1.04. The molecule has 1 aromatic rings. The lowest BCUT2D eigenvalue weighted by Crippen LogP contribution is -2.24. The molecule has 0 unspecified atom stereocenters. The summed E-state index contributed by atoms with van der Waals surface area (Å²) in [6, 6.07) is 1.93. The van der Waals surface area contributed by atoms with Crippen molar-refractivity contribution in [2.75, 3.05) is 18.5 Å². The van der Waals surface area contributed by atoms with Crippen LogP contribution in [0.1, 0.15) is 12.1 Å². The molecule has 0 aliphatic carbocycles. The predicted octanol–water partition coefficient (Wildman–Crippen LogP) is 0.897. The van der Waals surface area contributed by atoms with Gasteiger partial charge in [0.05, 0.1) is 4.99 Å². The van der Waals surface area contributed by atoms with Gasteiger partial charge in [-0.05, 0) is 6.92 Å². The molecule has 2 N–H and O–H groups in total. The molecule has 5 heteroatoms. The molecular formula is C9H14N4S. The van der Waals surface area contributed by atoms with Gasteiger partial charge in [0.25, 0.3) is 0 Å². The van der Waals surface area contributed by atoms with Crippen LogP contribution in [0.25, 0.3) is 0 Å². The first-order valence-electron chi connectivity index (χ1n) is 4.37. The van der Waals surface area contributed by atoms with Crippen molar-refractivity contribution in [3.63, 3.8) is 0 Å². The first kappa shape index (κ1) is 10.8. The SMILES string of the molecule is Cc1cc(N(C)CCC(N)=S)ncn1. The van der Waals surface area contributed by atoms with Crippen molar-refractivity contribution >= 4 is 23.0 Å². The Morgan fingerprint density at radius 1 is 1.57 bits per heavy atom. The largest absolute Gasteiger partial charge is 0.393 e. The lowest BCUT2D eigenvalue weighted by molar-refractivity contribution is 0.888. The van der Waals surface area contributed by atoms with Crippen molar-refractivity contribution in [3.05, 3.63) is 18.1 Å². The highest BCUT2D eigenvalue weighted by atomic mass is 32.1. The molecule has 0 spiro atoms. The summed E-state index contributed by atoms with van der Waals surface area (Å²) in [5.41, 5.74) is 6.38. The molecule has 4 nitrogen and oxygen atoms in total. The summed E-state index contributed by atoms with van der Waals surface area (Å²) in [6.45, 7) is 2.72. The van der Waals surface area contributed by atoms with Crippen molar-refractivity contribution < 1.29 is 0 Å². The monoisotopic (exact) mass is 210 g/mol. The summed E-state index contributed by atoms with van der Waals surface area (Å²) in [5, 5.41) is 0. The zero-order valence-electron chi connectivity index (χ0n) is 8.40. The number of thiocarbonyl (C=S) groups is 1. The zero-order valence-corrected chi connectivity index (χ0v) is 9.21. The van der Waals surface area contributed by atoms with Crippen LogP contribution >= 0.6 is 12.2 Å². The quantitative estimate of drug-likeness (QED) is 0.748. The molecule has 76 valence electrons. The van der Waals surface area contributed by atoms with Crippen molar-refractivity contribution in [1.82, 2.24) is 9.97 Å². The summed E-state index contributed by atoms with van der Waals surface area (Å²) in [6.07, 6.45) is 2.26. The van der Waals surface area contributed by atoms with Gasteiger partial charge in [-0.25, -0.2) is 9.97 Å². The number of nitrogens with zero attached hydrogens (tertiary/aromatic N) is 3. The van der Waals surface area contributed by atoms with Gasteiger partial charge in [-0.3, -0.25) is 0 Å². The van der Waals surface area contributed by atoms with Crippen molar-refractivity contribution in [1.29, 1.82) is 0 Å². The molecule has 0 aliphatic rings. The second-order valence-electron chi connectivity index (χ2n) is 3.16. The van der Waals surface area contributed by atoms with Crippen LogP contribution < -0.4 is 10.6 Å². The van der Waals surface area contributed by atoms with E-state index < -0.39 is 0 Å². The second-order valence-corrected chi connectivity index (χ2v) is 3.68. The molecular weight excluding hydrogens is 196 g/mol. The minimum atomic E-state index is 0.530. The summed E-state index contributed by atoms with van der Waals surface area (Å²) >= 11 is 4.81. The lowest BCUT2D eigenvalue weighted by atomic mass is 10.3. The number of hydrogen-bond donors (Lipinski definition) is 1. The molecule has 0 fully saturated rings. The van der Waals surface area contributed by atoms with E-state index in [0.29, 0.717) is 11.4 Å². The Kier molecular flexibility index (Phi) is 3.76. The van der Waals surface area contributed by atoms with E-state index in [4.69, 9.17) is 18.0 Å². The number of aryl methyl sites for hydroxylation is 1. The highest BCUT2D eigenvalue weighted by Crippen LogP contribution is 2.08. The second kappa shape index (κ2) is 4.85. The van der Waals surface area contributed by atoms with Crippen LogP contribution in [0.15, 0.2) is 12.4 Å². The van der Waals surface area contributed by atoms with Crippen LogP contribution in [0.3, 0.4) is 0 Å². The van der Waals surface area contributed by atoms with Crippen LogP contribution in [0.5, 0.6) is 0 Å². The van der Waals surface area contributed by atoms with E-state index in [1.54, 1.807) is 6.33 Å². The molecule has 0 atom stereocenters. The minimum Gasteiger partial charge on any atom is -0.393 e. The Labute approximate surface area is 89.2 Å². The smallest absolute Gasteiger partial charge is 0.131 e. The Bertz CT molecular complexity index is 326. The van der Waals surface area contributed by atoms with E-state index in [9.17, 15) is 0 Å². The molecule has 0 aliphatic heterocycles. The summed E-state index contributed by atoms with van der Waals surface area (Å²) in [7, 11) is 1.96. The van der Waals surface area contributed by atoms with E-state index in [1.807, 2.05) is 24.9 Å². The maximum Gasteiger partial charge on any atom is 0.131 e. The molecule has 0 aromatic carbocycles. The molecule has 1 rings (SSSR count). The first-order chi connectivity index (χ1) is 6.59. The van der Waals surface area contributed by atoms with Gasteiger partial charge in [0.2, 0.25) is 0 Å². The molecule has 14 heavy (non-hydrogen) atoms. The third kappa shape index (κ3) is 3.26. The van der Waals surface area contributed by atoms with E-state index in [-0.39, 0.29) is 0 Å². The van der Waals surface area contributed by atoms with Gasteiger partial charge in [-0.2, -0.15) is 0 Å². The molecule has 0 bridgehead atoms. The van der Waals surface area contributed by atoms with E-state index in [2.05, 4.69) is 9.97 Å². The number of rotatable bonds is 4.